The molecule has 104 valence electrons. The third-order valence-corrected chi connectivity index (χ3v) is 5.64. The van der Waals surface area contributed by atoms with E-state index in [9.17, 15) is 0 Å². The largest absolute Gasteiger partial charge is 0.380 e. The Kier molecular flexibility index (Phi) is 4.53. The quantitative estimate of drug-likeness (QED) is 0.565. The van der Waals surface area contributed by atoms with Crippen LogP contribution in [0.15, 0.2) is 55.9 Å². The monoisotopic (exact) mass is 457 g/mol. The fourth-order valence-corrected chi connectivity index (χ4v) is 4.07. The molecule has 0 amide bonds. The number of benzene rings is 2. The van der Waals surface area contributed by atoms with E-state index >= 15 is 0 Å². The standard InChI is InChI=1S/C16H14Br3N/c17-12-6-4-10(5-7-12)11-8-13(9-11)20-16-14(18)2-1-3-15(16)19/h1-7,11,13,20H,8-9H2. The maximum atomic E-state index is 3.62. The molecule has 1 aliphatic carbocycles. The summed E-state index contributed by atoms with van der Waals surface area (Å²) in [5, 5.41) is 3.62. The van der Waals surface area contributed by atoms with Gasteiger partial charge in [0, 0.05) is 19.5 Å². The predicted octanol–water partition coefficient (Wildman–Crippen LogP) is 6.33. The molecule has 0 unspecified atom stereocenters. The molecule has 0 heterocycles. The van der Waals surface area contributed by atoms with Crippen LogP contribution in [-0.4, -0.2) is 6.04 Å². The zero-order valence-corrected chi connectivity index (χ0v) is 15.5. The average molecular weight is 460 g/mol. The molecule has 4 heteroatoms. The molecule has 20 heavy (non-hydrogen) atoms. The van der Waals surface area contributed by atoms with Gasteiger partial charge in [0.1, 0.15) is 0 Å². The SMILES string of the molecule is Brc1ccc(C2CC(Nc3c(Br)cccc3Br)C2)cc1. The number of halogens is 3. The highest BCUT2D eigenvalue weighted by Crippen LogP contribution is 2.41. The smallest absolute Gasteiger partial charge is 0.0631 e. The van der Waals surface area contributed by atoms with E-state index in [0.29, 0.717) is 12.0 Å². The van der Waals surface area contributed by atoms with Crippen molar-refractivity contribution < 1.29 is 0 Å². The van der Waals surface area contributed by atoms with Crippen LogP contribution < -0.4 is 5.32 Å². The Morgan fingerprint density at radius 1 is 0.850 bits per heavy atom. The number of hydrogen-bond donors (Lipinski definition) is 1. The van der Waals surface area contributed by atoms with Gasteiger partial charge in [0.25, 0.3) is 0 Å². The lowest BCUT2D eigenvalue weighted by Crippen LogP contribution is -2.34. The van der Waals surface area contributed by atoms with E-state index in [4.69, 9.17) is 0 Å². The molecule has 0 aromatic heterocycles. The molecule has 0 aliphatic heterocycles. The predicted molar refractivity (Wildman–Crippen MR) is 95.4 cm³/mol. The Morgan fingerprint density at radius 3 is 2.05 bits per heavy atom. The molecule has 0 spiro atoms. The normalized spacial score (nSPS) is 21.4. The summed E-state index contributed by atoms with van der Waals surface area (Å²) in [6, 6.07) is 15.4. The van der Waals surface area contributed by atoms with E-state index in [1.807, 2.05) is 6.07 Å². The fraction of sp³-hybridized carbons (Fsp3) is 0.250. The van der Waals surface area contributed by atoms with Crippen molar-refractivity contribution in [2.45, 2.75) is 24.8 Å². The minimum Gasteiger partial charge on any atom is -0.380 e. The van der Waals surface area contributed by atoms with Gasteiger partial charge in [-0.1, -0.05) is 34.1 Å². The lowest BCUT2D eigenvalue weighted by atomic mass is 9.76. The van der Waals surface area contributed by atoms with Crippen molar-refractivity contribution >= 4 is 53.5 Å². The lowest BCUT2D eigenvalue weighted by Gasteiger charge is -2.37. The first-order valence-electron chi connectivity index (χ1n) is 6.59. The van der Waals surface area contributed by atoms with Gasteiger partial charge in [-0.15, -0.1) is 0 Å². The molecule has 0 saturated heterocycles. The van der Waals surface area contributed by atoms with E-state index < -0.39 is 0 Å². The summed E-state index contributed by atoms with van der Waals surface area (Å²) in [5.41, 5.74) is 2.60. The van der Waals surface area contributed by atoms with Crippen molar-refractivity contribution in [3.8, 4) is 0 Å². The van der Waals surface area contributed by atoms with E-state index in [1.165, 1.54) is 18.4 Å². The molecular formula is C16H14Br3N. The molecule has 0 radical (unpaired) electrons. The maximum Gasteiger partial charge on any atom is 0.0631 e. The van der Waals surface area contributed by atoms with Crippen LogP contribution in [0.2, 0.25) is 0 Å². The highest BCUT2D eigenvalue weighted by atomic mass is 79.9. The molecule has 0 atom stereocenters. The second kappa shape index (κ2) is 6.20. The Bertz CT molecular complexity index is 583. The second-order valence-corrected chi connectivity index (χ2v) is 7.78. The summed E-state index contributed by atoms with van der Waals surface area (Å²) < 4.78 is 3.37. The average Bonchev–Trinajstić information content (AvgIpc) is 2.38. The van der Waals surface area contributed by atoms with Gasteiger partial charge in [0.2, 0.25) is 0 Å². The van der Waals surface area contributed by atoms with Crippen molar-refractivity contribution in [2.24, 2.45) is 0 Å². The summed E-state index contributed by atoms with van der Waals surface area (Å²) in [6.07, 6.45) is 2.38. The number of para-hydroxylation sites is 1. The van der Waals surface area contributed by atoms with Gasteiger partial charge in [0.15, 0.2) is 0 Å². The Labute approximate surface area is 144 Å². The first kappa shape index (κ1) is 14.6. The number of hydrogen-bond acceptors (Lipinski definition) is 1. The Morgan fingerprint density at radius 2 is 1.45 bits per heavy atom. The number of anilines is 1. The molecule has 1 nitrogen and oxygen atoms in total. The number of rotatable bonds is 3. The third kappa shape index (κ3) is 3.12. The lowest BCUT2D eigenvalue weighted by molar-refractivity contribution is 0.374. The van der Waals surface area contributed by atoms with Crippen molar-refractivity contribution in [1.29, 1.82) is 0 Å². The van der Waals surface area contributed by atoms with Crippen molar-refractivity contribution in [2.75, 3.05) is 5.32 Å². The molecule has 1 fully saturated rings. The van der Waals surface area contributed by atoms with Crippen LogP contribution in [0.1, 0.15) is 24.3 Å². The van der Waals surface area contributed by atoms with Gasteiger partial charge < -0.3 is 5.32 Å². The van der Waals surface area contributed by atoms with E-state index in [-0.39, 0.29) is 0 Å². The Hall–Kier alpha value is -0.320. The summed E-state index contributed by atoms with van der Waals surface area (Å²) in [6.45, 7) is 0. The second-order valence-electron chi connectivity index (χ2n) is 5.16. The van der Waals surface area contributed by atoms with Gasteiger partial charge >= 0.3 is 0 Å². The van der Waals surface area contributed by atoms with Crippen LogP contribution in [0.4, 0.5) is 5.69 Å². The maximum absolute atomic E-state index is 3.62. The van der Waals surface area contributed by atoms with Gasteiger partial charge in [-0.2, -0.15) is 0 Å². The molecule has 0 bridgehead atoms. The Balaban J connectivity index is 1.62. The number of nitrogens with one attached hydrogen (secondary N) is 1. The minimum atomic E-state index is 0.554. The molecular weight excluding hydrogens is 446 g/mol. The topological polar surface area (TPSA) is 12.0 Å². The molecule has 1 saturated carbocycles. The molecule has 3 rings (SSSR count). The van der Waals surface area contributed by atoms with Crippen LogP contribution >= 0.6 is 47.8 Å². The minimum absolute atomic E-state index is 0.554. The van der Waals surface area contributed by atoms with Gasteiger partial charge in [-0.05, 0) is 80.4 Å². The van der Waals surface area contributed by atoms with Gasteiger partial charge in [-0.25, -0.2) is 0 Å². The van der Waals surface area contributed by atoms with Crippen LogP contribution in [0.5, 0.6) is 0 Å². The first-order chi connectivity index (χ1) is 9.63. The van der Waals surface area contributed by atoms with Gasteiger partial charge in [-0.3, -0.25) is 0 Å². The van der Waals surface area contributed by atoms with Gasteiger partial charge in [0.05, 0.1) is 5.69 Å². The summed E-state index contributed by atoms with van der Waals surface area (Å²) >= 11 is 10.7. The molecule has 2 aromatic carbocycles. The van der Waals surface area contributed by atoms with E-state index in [1.54, 1.807) is 0 Å². The summed E-state index contributed by atoms with van der Waals surface area (Å²) in [5.74, 6) is 0.682. The van der Waals surface area contributed by atoms with Crippen molar-refractivity contribution in [3.05, 3.63) is 61.4 Å². The summed E-state index contributed by atoms with van der Waals surface area (Å²) in [7, 11) is 0. The van der Waals surface area contributed by atoms with Crippen LogP contribution in [0.25, 0.3) is 0 Å². The molecule has 2 aromatic rings. The van der Waals surface area contributed by atoms with Crippen molar-refractivity contribution in [1.82, 2.24) is 0 Å². The van der Waals surface area contributed by atoms with E-state index in [0.717, 1.165) is 19.1 Å². The van der Waals surface area contributed by atoms with E-state index in [2.05, 4.69) is 89.5 Å². The zero-order valence-electron chi connectivity index (χ0n) is 10.7. The van der Waals surface area contributed by atoms with Crippen molar-refractivity contribution in [3.63, 3.8) is 0 Å². The first-order valence-corrected chi connectivity index (χ1v) is 8.97. The molecule has 1 N–H and O–H groups in total. The highest BCUT2D eigenvalue weighted by Gasteiger charge is 2.30. The van der Waals surface area contributed by atoms with Crippen LogP contribution in [0.3, 0.4) is 0 Å². The van der Waals surface area contributed by atoms with Crippen LogP contribution in [-0.2, 0) is 0 Å². The molecule has 1 aliphatic rings. The zero-order chi connectivity index (χ0) is 14.1. The summed E-state index contributed by atoms with van der Waals surface area (Å²) in [4.78, 5) is 0. The third-order valence-electron chi connectivity index (χ3n) is 3.79. The van der Waals surface area contributed by atoms with Crippen LogP contribution in [0, 0.1) is 0 Å². The highest BCUT2D eigenvalue weighted by molar-refractivity contribution is 9.11. The fourth-order valence-electron chi connectivity index (χ4n) is 2.58.